The molecule has 1 aliphatic rings. The zero-order valence-electron chi connectivity index (χ0n) is 12.1. The molecule has 1 atom stereocenters. The molecule has 5 nitrogen and oxygen atoms in total. The monoisotopic (exact) mass is 301 g/mol. The van der Waals surface area contributed by atoms with Crippen LogP contribution in [0.2, 0.25) is 0 Å². The molecule has 1 unspecified atom stereocenters. The van der Waals surface area contributed by atoms with Crippen molar-refractivity contribution in [3.05, 3.63) is 30.5 Å². The summed E-state index contributed by atoms with van der Waals surface area (Å²) in [7, 11) is 0. The number of nitrogens with zero attached hydrogens (tertiary/aromatic N) is 4. The van der Waals surface area contributed by atoms with Crippen molar-refractivity contribution in [1.82, 2.24) is 15.1 Å². The lowest BCUT2D eigenvalue weighted by molar-refractivity contribution is 0.239. The number of anilines is 1. The van der Waals surface area contributed by atoms with E-state index in [9.17, 15) is 0 Å². The second-order valence-electron chi connectivity index (χ2n) is 5.36. The molecule has 1 aromatic carbocycles. The maximum atomic E-state index is 5.74. The Labute approximate surface area is 129 Å². The van der Waals surface area contributed by atoms with Crippen molar-refractivity contribution < 1.29 is 0 Å². The van der Waals surface area contributed by atoms with Crippen LogP contribution in [0.15, 0.2) is 30.5 Å². The van der Waals surface area contributed by atoms with Gasteiger partial charge in [0.05, 0.1) is 17.2 Å². The van der Waals surface area contributed by atoms with Gasteiger partial charge in [0.2, 0.25) is 0 Å². The molecule has 1 saturated heterocycles. The van der Waals surface area contributed by atoms with Crippen molar-refractivity contribution in [2.45, 2.75) is 13.0 Å². The van der Waals surface area contributed by atoms with Crippen molar-refractivity contribution in [2.24, 2.45) is 5.73 Å². The summed E-state index contributed by atoms with van der Waals surface area (Å²) in [5, 5.41) is 10.7. The van der Waals surface area contributed by atoms with E-state index in [-0.39, 0.29) is 6.04 Å². The van der Waals surface area contributed by atoms with Gasteiger partial charge in [0.15, 0.2) is 5.82 Å². The maximum absolute atomic E-state index is 5.74. The summed E-state index contributed by atoms with van der Waals surface area (Å²) in [6, 6.07) is 8.39. The molecule has 0 saturated carbocycles. The summed E-state index contributed by atoms with van der Waals surface area (Å²) < 4.78 is 0. The number of aromatic nitrogens is 2. The Kier molecular flexibility index (Phi) is 3.98. The van der Waals surface area contributed by atoms with Gasteiger partial charge in [0, 0.05) is 37.0 Å². The molecule has 6 heteroatoms. The van der Waals surface area contributed by atoms with Crippen LogP contribution in [0, 0.1) is 0 Å². The topological polar surface area (TPSA) is 58.3 Å². The van der Waals surface area contributed by atoms with Gasteiger partial charge in [-0.1, -0.05) is 36.5 Å². The molecule has 0 bridgehead atoms. The van der Waals surface area contributed by atoms with Gasteiger partial charge in [-0.05, 0) is 6.92 Å². The van der Waals surface area contributed by atoms with Crippen LogP contribution in [0.4, 0.5) is 5.82 Å². The number of thiocarbonyl (C=S) groups is 1. The molecule has 1 fully saturated rings. The second kappa shape index (κ2) is 5.91. The Balaban J connectivity index is 1.79. The molecule has 2 N–H and O–H groups in total. The van der Waals surface area contributed by atoms with Gasteiger partial charge in [-0.25, -0.2) is 0 Å². The van der Waals surface area contributed by atoms with Crippen LogP contribution in [0.5, 0.6) is 0 Å². The lowest BCUT2D eigenvalue weighted by atomic mass is 10.1. The van der Waals surface area contributed by atoms with E-state index in [2.05, 4.69) is 39.1 Å². The van der Waals surface area contributed by atoms with Crippen LogP contribution in [-0.2, 0) is 0 Å². The first-order valence-corrected chi connectivity index (χ1v) is 7.56. The van der Waals surface area contributed by atoms with Crippen LogP contribution in [0.3, 0.4) is 0 Å². The number of fused-ring (bicyclic) bond motifs is 1. The van der Waals surface area contributed by atoms with E-state index in [1.165, 1.54) is 0 Å². The standard InChI is InChI=1S/C15H19N5S/c1-11(14(16)21)19-6-8-20(9-7-19)15-13-5-3-2-4-12(13)10-17-18-15/h2-5,10-11H,6-9H2,1H3,(H2,16,21). The minimum Gasteiger partial charge on any atom is -0.392 e. The third-order valence-corrected chi connectivity index (χ3v) is 4.47. The van der Waals surface area contributed by atoms with Gasteiger partial charge in [-0.15, -0.1) is 5.10 Å². The molecular weight excluding hydrogens is 282 g/mol. The molecule has 0 aliphatic carbocycles. The zero-order valence-corrected chi connectivity index (χ0v) is 12.9. The van der Waals surface area contributed by atoms with Gasteiger partial charge >= 0.3 is 0 Å². The fourth-order valence-corrected chi connectivity index (χ4v) is 2.90. The van der Waals surface area contributed by atoms with E-state index < -0.39 is 0 Å². The Bertz CT molecular complexity index is 646. The highest BCUT2D eigenvalue weighted by Gasteiger charge is 2.24. The van der Waals surface area contributed by atoms with Gasteiger partial charge in [-0.3, -0.25) is 4.90 Å². The van der Waals surface area contributed by atoms with E-state index in [4.69, 9.17) is 18.0 Å². The Morgan fingerprint density at radius 3 is 2.67 bits per heavy atom. The van der Waals surface area contributed by atoms with E-state index in [1.807, 2.05) is 18.3 Å². The Morgan fingerprint density at radius 1 is 1.24 bits per heavy atom. The molecule has 1 aromatic heterocycles. The molecule has 1 aliphatic heterocycles. The van der Waals surface area contributed by atoms with Crippen LogP contribution in [0.1, 0.15) is 6.92 Å². The number of hydrogen-bond donors (Lipinski definition) is 1. The lowest BCUT2D eigenvalue weighted by Crippen LogP contribution is -2.53. The number of piperazine rings is 1. The molecular formula is C15H19N5S. The van der Waals surface area contributed by atoms with Crippen molar-refractivity contribution in [2.75, 3.05) is 31.1 Å². The summed E-state index contributed by atoms with van der Waals surface area (Å²) in [4.78, 5) is 5.17. The van der Waals surface area contributed by atoms with Crippen molar-refractivity contribution in [3.8, 4) is 0 Å². The van der Waals surface area contributed by atoms with E-state index in [0.29, 0.717) is 4.99 Å². The number of nitrogens with two attached hydrogens (primary N) is 1. The van der Waals surface area contributed by atoms with Crippen LogP contribution in [0.25, 0.3) is 10.8 Å². The maximum Gasteiger partial charge on any atom is 0.159 e. The van der Waals surface area contributed by atoms with Gasteiger partial charge in [0.1, 0.15) is 0 Å². The zero-order chi connectivity index (χ0) is 14.8. The second-order valence-corrected chi connectivity index (χ2v) is 5.83. The van der Waals surface area contributed by atoms with Crippen molar-refractivity contribution in [3.63, 3.8) is 0 Å². The molecule has 0 spiro atoms. The van der Waals surface area contributed by atoms with Crippen LogP contribution in [-0.4, -0.2) is 52.3 Å². The Morgan fingerprint density at radius 2 is 1.95 bits per heavy atom. The molecule has 3 rings (SSSR count). The molecule has 0 radical (unpaired) electrons. The van der Waals surface area contributed by atoms with E-state index in [0.717, 1.165) is 42.8 Å². The Hall–Kier alpha value is -1.79. The quantitative estimate of drug-likeness (QED) is 0.866. The summed E-state index contributed by atoms with van der Waals surface area (Å²) in [5.41, 5.74) is 5.74. The van der Waals surface area contributed by atoms with Crippen LogP contribution >= 0.6 is 12.2 Å². The summed E-state index contributed by atoms with van der Waals surface area (Å²) in [6.07, 6.45) is 1.81. The van der Waals surface area contributed by atoms with Gasteiger partial charge < -0.3 is 10.6 Å². The minimum absolute atomic E-state index is 0.153. The third kappa shape index (κ3) is 2.82. The molecule has 2 heterocycles. The predicted molar refractivity (Wildman–Crippen MR) is 89.6 cm³/mol. The molecule has 110 valence electrons. The molecule has 0 amide bonds. The molecule has 2 aromatic rings. The normalized spacial score (nSPS) is 17.9. The van der Waals surface area contributed by atoms with Gasteiger partial charge in [-0.2, -0.15) is 5.10 Å². The minimum atomic E-state index is 0.153. The van der Waals surface area contributed by atoms with Crippen molar-refractivity contribution in [1.29, 1.82) is 0 Å². The summed E-state index contributed by atoms with van der Waals surface area (Å²) in [6.45, 7) is 5.76. The van der Waals surface area contributed by atoms with Crippen molar-refractivity contribution >= 4 is 33.8 Å². The third-order valence-electron chi connectivity index (χ3n) is 4.12. The summed E-state index contributed by atoms with van der Waals surface area (Å²) >= 11 is 5.09. The highest BCUT2D eigenvalue weighted by atomic mass is 32.1. The number of benzene rings is 1. The largest absolute Gasteiger partial charge is 0.392 e. The fourth-order valence-electron chi connectivity index (χ4n) is 2.75. The average Bonchev–Trinajstić information content (AvgIpc) is 2.53. The highest BCUT2D eigenvalue weighted by molar-refractivity contribution is 7.80. The van der Waals surface area contributed by atoms with E-state index >= 15 is 0 Å². The number of rotatable bonds is 3. The first-order chi connectivity index (χ1) is 10.2. The van der Waals surface area contributed by atoms with Gasteiger partial charge in [0.25, 0.3) is 0 Å². The fraction of sp³-hybridized carbons (Fsp3) is 0.400. The first kappa shape index (κ1) is 14.2. The smallest absolute Gasteiger partial charge is 0.159 e. The van der Waals surface area contributed by atoms with Crippen LogP contribution < -0.4 is 10.6 Å². The molecule has 21 heavy (non-hydrogen) atoms. The lowest BCUT2D eigenvalue weighted by Gasteiger charge is -2.38. The summed E-state index contributed by atoms with van der Waals surface area (Å²) in [5.74, 6) is 0.968. The SMILES string of the molecule is CC(C(N)=S)N1CCN(c2nncc3ccccc23)CC1. The predicted octanol–water partition coefficient (Wildman–Crippen LogP) is 1.43. The average molecular weight is 301 g/mol. The highest BCUT2D eigenvalue weighted by Crippen LogP contribution is 2.24. The first-order valence-electron chi connectivity index (χ1n) is 7.15. The van der Waals surface area contributed by atoms with E-state index in [1.54, 1.807) is 0 Å². The number of hydrogen-bond acceptors (Lipinski definition) is 5.